The monoisotopic (exact) mass is 283 g/mol. The largest absolute Gasteiger partial charge is 0.399 e. The van der Waals surface area contributed by atoms with Gasteiger partial charge >= 0.3 is 0 Å². The Bertz CT molecular complexity index is 777. The van der Waals surface area contributed by atoms with Crippen LogP contribution in [0.1, 0.15) is 18.3 Å². The maximum Gasteiger partial charge on any atom is 0.125 e. The maximum absolute atomic E-state index is 13.3. The standard InChI is InChI=1S/C17H18FN3/c1-2-21-16-8-7-13(18)11-15(16)20-17(21)9-6-12-4-3-5-14(19)10-12/h3-5,7-8,10-11H,2,6,9,19H2,1H3. The zero-order valence-electron chi connectivity index (χ0n) is 12.0. The van der Waals surface area contributed by atoms with E-state index >= 15 is 0 Å². The van der Waals surface area contributed by atoms with Gasteiger partial charge < -0.3 is 10.3 Å². The van der Waals surface area contributed by atoms with Gasteiger partial charge in [-0.3, -0.25) is 0 Å². The number of halogens is 1. The number of rotatable bonds is 4. The molecule has 108 valence electrons. The summed E-state index contributed by atoms with van der Waals surface area (Å²) in [7, 11) is 0. The molecule has 3 aromatic rings. The molecule has 0 radical (unpaired) electrons. The summed E-state index contributed by atoms with van der Waals surface area (Å²) in [5, 5.41) is 0. The average Bonchev–Trinajstić information content (AvgIpc) is 2.81. The molecule has 0 aliphatic carbocycles. The minimum Gasteiger partial charge on any atom is -0.399 e. The summed E-state index contributed by atoms with van der Waals surface area (Å²) in [5.74, 6) is 0.742. The van der Waals surface area contributed by atoms with E-state index in [0.717, 1.165) is 41.9 Å². The molecule has 0 fully saturated rings. The molecule has 1 aromatic heterocycles. The zero-order chi connectivity index (χ0) is 14.8. The molecular formula is C17H18FN3. The molecule has 0 spiro atoms. The molecule has 0 saturated heterocycles. The third kappa shape index (κ3) is 2.75. The van der Waals surface area contributed by atoms with Gasteiger partial charge in [0.1, 0.15) is 11.6 Å². The van der Waals surface area contributed by atoms with E-state index in [2.05, 4.69) is 22.5 Å². The van der Waals surface area contributed by atoms with Crippen LogP contribution in [0.5, 0.6) is 0 Å². The lowest BCUT2D eigenvalue weighted by atomic mass is 10.1. The molecule has 0 unspecified atom stereocenters. The van der Waals surface area contributed by atoms with Crippen LogP contribution in [0.4, 0.5) is 10.1 Å². The highest BCUT2D eigenvalue weighted by atomic mass is 19.1. The van der Waals surface area contributed by atoms with Crippen molar-refractivity contribution in [1.82, 2.24) is 9.55 Å². The third-order valence-electron chi connectivity index (χ3n) is 3.69. The summed E-state index contributed by atoms with van der Waals surface area (Å²) in [6.45, 7) is 2.91. The van der Waals surface area contributed by atoms with Crippen LogP contribution in [0, 0.1) is 5.82 Å². The number of aromatic nitrogens is 2. The fourth-order valence-corrected chi connectivity index (χ4v) is 2.70. The minimum atomic E-state index is -0.245. The lowest BCUT2D eigenvalue weighted by Crippen LogP contribution is -2.03. The van der Waals surface area contributed by atoms with Crippen molar-refractivity contribution in [3.63, 3.8) is 0 Å². The highest BCUT2D eigenvalue weighted by molar-refractivity contribution is 5.76. The molecule has 21 heavy (non-hydrogen) atoms. The van der Waals surface area contributed by atoms with Gasteiger partial charge in [-0.25, -0.2) is 9.37 Å². The number of nitrogens with zero attached hydrogens (tertiary/aromatic N) is 2. The molecule has 0 saturated carbocycles. The van der Waals surface area contributed by atoms with Crippen LogP contribution in [0.15, 0.2) is 42.5 Å². The molecule has 0 amide bonds. The van der Waals surface area contributed by atoms with Crippen LogP contribution in [0.3, 0.4) is 0 Å². The summed E-state index contributed by atoms with van der Waals surface area (Å²) in [5.41, 5.74) is 9.48. The Balaban J connectivity index is 1.89. The number of hydrogen-bond acceptors (Lipinski definition) is 2. The van der Waals surface area contributed by atoms with Gasteiger partial charge in [-0.1, -0.05) is 12.1 Å². The molecule has 0 atom stereocenters. The summed E-state index contributed by atoms with van der Waals surface area (Å²) in [6, 6.07) is 12.7. The van der Waals surface area contributed by atoms with E-state index in [1.54, 1.807) is 6.07 Å². The van der Waals surface area contributed by atoms with Gasteiger partial charge in [0.15, 0.2) is 0 Å². The van der Waals surface area contributed by atoms with Crippen molar-refractivity contribution in [3.05, 3.63) is 59.7 Å². The summed E-state index contributed by atoms with van der Waals surface area (Å²) in [6.07, 6.45) is 1.68. The molecule has 0 bridgehead atoms. The Labute approximate surface area is 123 Å². The smallest absolute Gasteiger partial charge is 0.125 e. The normalized spacial score (nSPS) is 11.1. The van der Waals surface area contributed by atoms with Crippen LogP contribution in [-0.2, 0) is 19.4 Å². The van der Waals surface area contributed by atoms with Crippen molar-refractivity contribution in [2.75, 3.05) is 5.73 Å². The SMILES string of the molecule is CCn1c(CCc2cccc(N)c2)nc2cc(F)ccc21. The molecule has 0 aliphatic rings. The lowest BCUT2D eigenvalue weighted by Gasteiger charge is -2.06. The van der Waals surface area contributed by atoms with Crippen molar-refractivity contribution >= 4 is 16.7 Å². The number of anilines is 1. The van der Waals surface area contributed by atoms with E-state index in [-0.39, 0.29) is 5.82 Å². The van der Waals surface area contributed by atoms with Gasteiger partial charge in [-0.15, -0.1) is 0 Å². The molecule has 2 N–H and O–H groups in total. The number of aryl methyl sites for hydroxylation is 3. The van der Waals surface area contributed by atoms with Gasteiger partial charge in [0.05, 0.1) is 11.0 Å². The first-order valence-corrected chi connectivity index (χ1v) is 7.16. The van der Waals surface area contributed by atoms with Crippen molar-refractivity contribution in [1.29, 1.82) is 0 Å². The maximum atomic E-state index is 13.3. The second-order valence-electron chi connectivity index (χ2n) is 5.15. The Morgan fingerprint density at radius 3 is 2.76 bits per heavy atom. The fourth-order valence-electron chi connectivity index (χ4n) is 2.70. The van der Waals surface area contributed by atoms with E-state index in [1.807, 2.05) is 18.2 Å². The number of imidazole rings is 1. The van der Waals surface area contributed by atoms with Crippen molar-refractivity contribution < 1.29 is 4.39 Å². The van der Waals surface area contributed by atoms with E-state index in [1.165, 1.54) is 17.7 Å². The van der Waals surface area contributed by atoms with Crippen molar-refractivity contribution in [2.45, 2.75) is 26.3 Å². The van der Waals surface area contributed by atoms with Gasteiger partial charge in [-0.05, 0) is 43.2 Å². The summed E-state index contributed by atoms with van der Waals surface area (Å²) >= 11 is 0. The van der Waals surface area contributed by atoms with Gasteiger partial charge in [0.25, 0.3) is 0 Å². The van der Waals surface area contributed by atoms with Crippen LogP contribution in [-0.4, -0.2) is 9.55 Å². The summed E-state index contributed by atoms with van der Waals surface area (Å²) < 4.78 is 15.5. The predicted octanol–water partition coefficient (Wildman–Crippen LogP) is 3.56. The molecule has 0 aliphatic heterocycles. The van der Waals surface area contributed by atoms with Gasteiger partial charge in [0, 0.05) is 24.7 Å². The van der Waals surface area contributed by atoms with Gasteiger partial charge in [-0.2, -0.15) is 0 Å². The Kier molecular flexibility index (Phi) is 3.60. The second kappa shape index (κ2) is 5.56. The Morgan fingerprint density at radius 1 is 1.14 bits per heavy atom. The third-order valence-corrected chi connectivity index (χ3v) is 3.69. The minimum absolute atomic E-state index is 0.245. The highest BCUT2D eigenvalue weighted by Crippen LogP contribution is 2.19. The first-order chi connectivity index (χ1) is 10.2. The second-order valence-corrected chi connectivity index (χ2v) is 5.15. The zero-order valence-corrected chi connectivity index (χ0v) is 12.0. The molecule has 1 heterocycles. The highest BCUT2D eigenvalue weighted by Gasteiger charge is 2.10. The molecule has 3 rings (SSSR count). The van der Waals surface area contributed by atoms with Crippen molar-refractivity contribution in [3.8, 4) is 0 Å². The molecule has 4 heteroatoms. The van der Waals surface area contributed by atoms with E-state index < -0.39 is 0 Å². The first-order valence-electron chi connectivity index (χ1n) is 7.16. The number of nitrogens with two attached hydrogens (primary N) is 1. The van der Waals surface area contributed by atoms with Crippen LogP contribution in [0.2, 0.25) is 0 Å². The predicted molar refractivity (Wildman–Crippen MR) is 83.6 cm³/mol. The van der Waals surface area contributed by atoms with Gasteiger partial charge in [0.2, 0.25) is 0 Å². The molecule has 2 aromatic carbocycles. The molecular weight excluding hydrogens is 265 g/mol. The molecule has 3 nitrogen and oxygen atoms in total. The fraction of sp³-hybridized carbons (Fsp3) is 0.235. The van der Waals surface area contributed by atoms with Crippen LogP contribution < -0.4 is 5.73 Å². The number of fused-ring (bicyclic) bond motifs is 1. The number of nitrogen functional groups attached to an aromatic ring is 1. The van der Waals surface area contributed by atoms with Crippen molar-refractivity contribution in [2.24, 2.45) is 0 Å². The number of benzene rings is 2. The lowest BCUT2D eigenvalue weighted by molar-refractivity contribution is 0.629. The van der Waals surface area contributed by atoms with Crippen LogP contribution >= 0.6 is 0 Å². The van der Waals surface area contributed by atoms with E-state index in [0.29, 0.717) is 0 Å². The Morgan fingerprint density at radius 2 is 2.00 bits per heavy atom. The quantitative estimate of drug-likeness (QED) is 0.744. The first kappa shape index (κ1) is 13.6. The van der Waals surface area contributed by atoms with E-state index in [9.17, 15) is 4.39 Å². The average molecular weight is 283 g/mol. The Hall–Kier alpha value is -2.36. The number of hydrogen-bond donors (Lipinski definition) is 1. The topological polar surface area (TPSA) is 43.8 Å². The summed E-state index contributed by atoms with van der Waals surface area (Å²) in [4.78, 5) is 4.57. The van der Waals surface area contributed by atoms with E-state index in [4.69, 9.17) is 5.73 Å². The van der Waals surface area contributed by atoms with Crippen LogP contribution in [0.25, 0.3) is 11.0 Å².